The SMILES string of the molecule is CCC(CC)c1cc2c(c(F)c1F)-c1c(cc(CCC3CCC(C)OC3)c(F)c1F)C2. The molecule has 1 fully saturated rings. The Labute approximate surface area is 181 Å². The highest BCUT2D eigenvalue weighted by Crippen LogP contribution is 2.45. The molecule has 1 heterocycles. The standard InChI is InChI=1S/C26H30F4O/c1-4-16(5-2)20-12-19-11-18-10-17(9-8-15-7-6-14(3)31-13-15)23(27)25(29)21(18)22(19)26(30)24(20)28/h10,12,14-16H,4-9,11,13H2,1-3H3. The first kappa shape index (κ1) is 22.3. The number of rotatable bonds is 6. The largest absolute Gasteiger partial charge is 0.378 e. The minimum atomic E-state index is -1.06. The molecule has 2 aromatic rings. The third-order valence-corrected chi connectivity index (χ3v) is 7.16. The van der Waals surface area contributed by atoms with Gasteiger partial charge >= 0.3 is 0 Å². The Morgan fingerprint density at radius 1 is 0.903 bits per heavy atom. The lowest BCUT2D eigenvalue weighted by molar-refractivity contribution is -0.00699. The molecule has 0 radical (unpaired) electrons. The molecule has 4 rings (SSSR count). The minimum absolute atomic E-state index is 0.0962. The quantitative estimate of drug-likeness (QED) is 0.366. The molecule has 2 aromatic carbocycles. The van der Waals surface area contributed by atoms with Gasteiger partial charge in [0, 0.05) is 17.7 Å². The maximum Gasteiger partial charge on any atom is 0.167 e. The van der Waals surface area contributed by atoms with Crippen LogP contribution >= 0.6 is 0 Å². The highest BCUT2D eigenvalue weighted by molar-refractivity contribution is 5.79. The summed E-state index contributed by atoms with van der Waals surface area (Å²) in [5.41, 5.74) is 1.50. The lowest BCUT2D eigenvalue weighted by Crippen LogP contribution is -2.24. The van der Waals surface area contributed by atoms with Gasteiger partial charge in [0.25, 0.3) is 0 Å². The lowest BCUT2D eigenvalue weighted by Gasteiger charge is -2.26. The fourth-order valence-electron chi connectivity index (χ4n) is 5.20. The third-order valence-electron chi connectivity index (χ3n) is 7.16. The van der Waals surface area contributed by atoms with Crippen LogP contribution in [-0.4, -0.2) is 12.7 Å². The second-order valence-electron chi connectivity index (χ2n) is 9.14. The summed E-state index contributed by atoms with van der Waals surface area (Å²) in [6.45, 7) is 6.56. The van der Waals surface area contributed by atoms with Gasteiger partial charge < -0.3 is 4.74 Å². The summed E-state index contributed by atoms with van der Waals surface area (Å²) < 4.78 is 65.5. The molecule has 2 atom stereocenters. The molecule has 0 amide bonds. The minimum Gasteiger partial charge on any atom is -0.378 e. The first-order chi connectivity index (χ1) is 14.8. The summed E-state index contributed by atoms with van der Waals surface area (Å²) in [4.78, 5) is 0. The van der Waals surface area contributed by atoms with Gasteiger partial charge in [0.15, 0.2) is 23.3 Å². The predicted octanol–water partition coefficient (Wildman–Crippen LogP) is 7.47. The van der Waals surface area contributed by atoms with Crippen LogP contribution in [0.15, 0.2) is 12.1 Å². The van der Waals surface area contributed by atoms with Gasteiger partial charge in [-0.15, -0.1) is 0 Å². The van der Waals surface area contributed by atoms with Gasteiger partial charge in [-0.3, -0.25) is 0 Å². The number of ether oxygens (including phenoxy) is 1. The second-order valence-corrected chi connectivity index (χ2v) is 9.14. The second kappa shape index (κ2) is 8.93. The van der Waals surface area contributed by atoms with E-state index in [0.29, 0.717) is 60.5 Å². The average molecular weight is 435 g/mol. The van der Waals surface area contributed by atoms with Crippen LogP contribution in [-0.2, 0) is 17.6 Å². The van der Waals surface area contributed by atoms with Crippen LogP contribution in [0.2, 0.25) is 0 Å². The molecule has 168 valence electrons. The first-order valence-corrected chi connectivity index (χ1v) is 11.5. The number of benzene rings is 2. The van der Waals surface area contributed by atoms with Crippen molar-refractivity contribution >= 4 is 0 Å². The van der Waals surface area contributed by atoms with Crippen molar-refractivity contribution in [1.82, 2.24) is 0 Å². The van der Waals surface area contributed by atoms with Gasteiger partial charge in [-0.05, 0) is 86.0 Å². The molecule has 0 spiro atoms. The number of hydrogen-bond acceptors (Lipinski definition) is 1. The molecule has 1 aliphatic carbocycles. The molecular weight excluding hydrogens is 404 g/mol. The number of fused-ring (bicyclic) bond motifs is 3. The van der Waals surface area contributed by atoms with Crippen molar-refractivity contribution in [1.29, 1.82) is 0 Å². The van der Waals surface area contributed by atoms with Crippen molar-refractivity contribution in [3.63, 3.8) is 0 Å². The molecule has 0 saturated carbocycles. The Bertz CT molecular complexity index is 972. The summed E-state index contributed by atoms with van der Waals surface area (Å²) in [6, 6.07) is 3.30. The van der Waals surface area contributed by atoms with E-state index in [1.807, 2.05) is 20.8 Å². The molecule has 5 heteroatoms. The summed E-state index contributed by atoms with van der Waals surface area (Å²) in [7, 11) is 0. The van der Waals surface area contributed by atoms with Gasteiger partial charge in [-0.2, -0.15) is 0 Å². The summed E-state index contributed by atoms with van der Waals surface area (Å²) >= 11 is 0. The zero-order valence-electron chi connectivity index (χ0n) is 18.5. The van der Waals surface area contributed by atoms with Crippen LogP contribution < -0.4 is 0 Å². The zero-order chi connectivity index (χ0) is 22.3. The molecular formula is C26H30F4O. The van der Waals surface area contributed by atoms with Crippen LogP contribution in [0.25, 0.3) is 11.1 Å². The van der Waals surface area contributed by atoms with Crippen molar-refractivity contribution in [2.24, 2.45) is 5.92 Å². The lowest BCUT2D eigenvalue weighted by atomic mass is 9.90. The molecule has 1 aliphatic heterocycles. The first-order valence-electron chi connectivity index (χ1n) is 11.5. The molecule has 0 aromatic heterocycles. The van der Waals surface area contributed by atoms with Gasteiger partial charge in [-0.1, -0.05) is 26.0 Å². The molecule has 2 unspecified atom stereocenters. The topological polar surface area (TPSA) is 9.23 Å². The van der Waals surface area contributed by atoms with Gasteiger partial charge in [0.05, 0.1) is 6.10 Å². The van der Waals surface area contributed by atoms with Crippen LogP contribution in [0.1, 0.15) is 81.0 Å². The van der Waals surface area contributed by atoms with E-state index in [1.54, 1.807) is 12.1 Å². The van der Waals surface area contributed by atoms with Gasteiger partial charge in [-0.25, -0.2) is 17.6 Å². The van der Waals surface area contributed by atoms with Crippen LogP contribution in [0.4, 0.5) is 17.6 Å². The van der Waals surface area contributed by atoms with Gasteiger partial charge in [0.2, 0.25) is 0 Å². The third kappa shape index (κ3) is 4.02. The average Bonchev–Trinajstić information content (AvgIpc) is 3.13. The number of halogens is 4. The van der Waals surface area contributed by atoms with Gasteiger partial charge in [0.1, 0.15) is 0 Å². The zero-order valence-corrected chi connectivity index (χ0v) is 18.5. The smallest absolute Gasteiger partial charge is 0.167 e. The Morgan fingerprint density at radius 3 is 2.16 bits per heavy atom. The van der Waals surface area contributed by atoms with Crippen molar-refractivity contribution in [3.05, 3.63) is 57.7 Å². The Hall–Kier alpha value is -1.88. The fraction of sp³-hybridized carbons (Fsp3) is 0.538. The van der Waals surface area contributed by atoms with Crippen molar-refractivity contribution < 1.29 is 22.3 Å². The Balaban J connectivity index is 1.65. The summed E-state index contributed by atoms with van der Waals surface area (Å²) in [5, 5.41) is 0. The maximum absolute atomic E-state index is 15.1. The number of hydrogen-bond donors (Lipinski definition) is 0. The fourth-order valence-corrected chi connectivity index (χ4v) is 5.20. The molecule has 2 aliphatic rings. The number of aryl methyl sites for hydroxylation is 1. The van der Waals surface area contributed by atoms with Crippen molar-refractivity contribution in [3.8, 4) is 11.1 Å². The predicted molar refractivity (Wildman–Crippen MR) is 114 cm³/mol. The normalized spacial score (nSPS) is 20.3. The van der Waals surface area contributed by atoms with E-state index in [-0.39, 0.29) is 23.1 Å². The van der Waals surface area contributed by atoms with Crippen LogP contribution in [0.3, 0.4) is 0 Å². The molecule has 1 nitrogen and oxygen atoms in total. The van der Waals surface area contributed by atoms with E-state index in [9.17, 15) is 8.78 Å². The van der Waals surface area contributed by atoms with E-state index in [2.05, 4.69) is 0 Å². The van der Waals surface area contributed by atoms with Crippen LogP contribution in [0, 0.1) is 29.2 Å². The van der Waals surface area contributed by atoms with Crippen LogP contribution in [0.5, 0.6) is 0 Å². The van der Waals surface area contributed by atoms with Crippen molar-refractivity contribution in [2.45, 2.75) is 77.7 Å². The van der Waals surface area contributed by atoms with Crippen molar-refractivity contribution in [2.75, 3.05) is 6.61 Å². The molecule has 31 heavy (non-hydrogen) atoms. The van der Waals surface area contributed by atoms with E-state index in [0.717, 1.165) is 19.3 Å². The van der Waals surface area contributed by atoms with E-state index in [1.165, 1.54) is 0 Å². The van der Waals surface area contributed by atoms with E-state index >= 15 is 8.78 Å². The highest BCUT2D eigenvalue weighted by atomic mass is 19.2. The highest BCUT2D eigenvalue weighted by Gasteiger charge is 2.33. The molecule has 0 bridgehead atoms. The Kier molecular flexibility index (Phi) is 6.43. The van der Waals surface area contributed by atoms with E-state index < -0.39 is 23.3 Å². The summed E-state index contributed by atoms with van der Waals surface area (Å²) in [6.07, 6.45) is 5.05. The van der Waals surface area contributed by atoms with E-state index in [4.69, 9.17) is 4.74 Å². The maximum atomic E-state index is 15.1. The monoisotopic (exact) mass is 434 g/mol. The molecule has 0 N–H and O–H groups in total. The molecule has 1 saturated heterocycles. The summed E-state index contributed by atoms with van der Waals surface area (Å²) in [5.74, 6) is -3.76. The Morgan fingerprint density at radius 2 is 1.55 bits per heavy atom.